The zero-order valence-electron chi connectivity index (χ0n) is 12.3. The van der Waals surface area contributed by atoms with E-state index >= 15 is 0 Å². The van der Waals surface area contributed by atoms with Gasteiger partial charge < -0.3 is 15.0 Å². The highest BCUT2D eigenvalue weighted by atomic mass is 32.2. The molecule has 0 saturated carbocycles. The Morgan fingerprint density at radius 2 is 2.14 bits per heavy atom. The van der Waals surface area contributed by atoms with Gasteiger partial charge in [0.2, 0.25) is 5.91 Å². The quantitative estimate of drug-likeness (QED) is 0.877. The van der Waals surface area contributed by atoms with Crippen LogP contribution in [0, 0.1) is 0 Å². The fourth-order valence-corrected chi connectivity index (χ4v) is 2.96. The largest absolute Gasteiger partial charge is 0.494 e. The van der Waals surface area contributed by atoms with Crippen LogP contribution in [0.25, 0.3) is 0 Å². The predicted octanol–water partition coefficient (Wildman–Crippen LogP) is 2.43. The Morgan fingerprint density at radius 1 is 1.43 bits per heavy atom. The second kappa shape index (κ2) is 7.36. The topological polar surface area (TPSA) is 58.6 Å². The standard InChI is InChI=1S/C15H20N2O3S/c1-3-20-13-6-4-12(5-7-13)11(2)16-14(18)10-17-8-9-21-15(17)19/h4-7,11H,3,8-10H2,1-2H3,(H,16,18). The van der Waals surface area contributed by atoms with Crippen molar-refractivity contribution in [1.82, 2.24) is 10.2 Å². The molecule has 1 fully saturated rings. The number of carbonyl (C=O) groups excluding carboxylic acids is 2. The molecule has 6 heteroatoms. The Hall–Kier alpha value is -1.69. The van der Waals surface area contributed by atoms with Gasteiger partial charge in [0, 0.05) is 12.3 Å². The molecular formula is C15H20N2O3S. The van der Waals surface area contributed by atoms with Gasteiger partial charge in [0.15, 0.2) is 0 Å². The third-order valence-electron chi connectivity index (χ3n) is 3.25. The summed E-state index contributed by atoms with van der Waals surface area (Å²) in [6.45, 7) is 5.28. The van der Waals surface area contributed by atoms with E-state index in [1.54, 1.807) is 4.90 Å². The van der Waals surface area contributed by atoms with E-state index in [0.29, 0.717) is 13.2 Å². The second-order valence-electron chi connectivity index (χ2n) is 4.83. The lowest BCUT2D eigenvalue weighted by atomic mass is 10.1. The molecule has 21 heavy (non-hydrogen) atoms. The molecule has 1 aliphatic heterocycles. The normalized spacial score (nSPS) is 15.9. The highest BCUT2D eigenvalue weighted by Crippen LogP contribution is 2.19. The summed E-state index contributed by atoms with van der Waals surface area (Å²) >= 11 is 1.26. The molecule has 0 spiro atoms. The Kier molecular flexibility index (Phi) is 5.50. The number of ether oxygens (including phenoxy) is 1. The van der Waals surface area contributed by atoms with E-state index in [0.717, 1.165) is 17.1 Å². The summed E-state index contributed by atoms with van der Waals surface area (Å²) in [6, 6.07) is 7.56. The highest BCUT2D eigenvalue weighted by molar-refractivity contribution is 8.13. The van der Waals surface area contributed by atoms with Crippen molar-refractivity contribution in [2.75, 3.05) is 25.4 Å². The number of amides is 2. The molecular weight excluding hydrogens is 288 g/mol. The Morgan fingerprint density at radius 3 is 2.71 bits per heavy atom. The van der Waals surface area contributed by atoms with E-state index < -0.39 is 0 Å². The van der Waals surface area contributed by atoms with Crippen molar-refractivity contribution in [3.63, 3.8) is 0 Å². The molecule has 0 radical (unpaired) electrons. The second-order valence-corrected chi connectivity index (χ2v) is 5.87. The van der Waals surface area contributed by atoms with Crippen molar-refractivity contribution in [3.8, 4) is 5.75 Å². The number of rotatable bonds is 6. The number of hydrogen-bond donors (Lipinski definition) is 1. The summed E-state index contributed by atoms with van der Waals surface area (Å²) in [5.41, 5.74) is 1.01. The number of thioether (sulfide) groups is 1. The molecule has 114 valence electrons. The van der Waals surface area contributed by atoms with Gasteiger partial charge in [0.05, 0.1) is 12.6 Å². The van der Waals surface area contributed by atoms with Crippen LogP contribution < -0.4 is 10.1 Å². The van der Waals surface area contributed by atoms with Crippen LogP contribution in [0.5, 0.6) is 5.75 Å². The Labute approximate surface area is 129 Å². The molecule has 0 aromatic heterocycles. The van der Waals surface area contributed by atoms with Gasteiger partial charge >= 0.3 is 0 Å². The molecule has 1 heterocycles. The number of nitrogens with zero attached hydrogens (tertiary/aromatic N) is 1. The summed E-state index contributed by atoms with van der Waals surface area (Å²) in [5.74, 6) is 1.45. The molecule has 2 rings (SSSR count). The third kappa shape index (κ3) is 4.39. The Bertz CT molecular complexity index is 504. The number of benzene rings is 1. The van der Waals surface area contributed by atoms with Crippen LogP contribution in [0.15, 0.2) is 24.3 Å². The maximum absolute atomic E-state index is 12.0. The van der Waals surface area contributed by atoms with E-state index in [1.165, 1.54) is 11.8 Å². The number of nitrogens with one attached hydrogen (secondary N) is 1. The van der Waals surface area contributed by atoms with Crippen molar-refractivity contribution in [1.29, 1.82) is 0 Å². The summed E-state index contributed by atoms with van der Waals surface area (Å²) in [7, 11) is 0. The van der Waals surface area contributed by atoms with Crippen LogP contribution in [-0.4, -0.2) is 41.5 Å². The lowest BCUT2D eigenvalue weighted by Crippen LogP contribution is -2.38. The average molecular weight is 308 g/mol. The SMILES string of the molecule is CCOc1ccc(C(C)NC(=O)CN2CCSC2=O)cc1. The first kappa shape index (κ1) is 15.7. The van der Waals surface area contributed by atoms with Gasteiger partial charge in [-0.2, -0.15) is 0 Å². The molecule has 1 unspecified atom stereocenters. The maximum atomic E-state index is 12.0. The van der Waals surface area contributed by atoms with Crippen LogP contribution in [0.4, 0.5) is 4.79 Å². The molecule has 1 atom stereocenters. The van der Waals surface area contributed by atoms with E-state index in [1.807, 2.05) is 38.1 Å². The summed E-state index contributed by atoms with van der Waals surface area (Å²) < 4.78 is 5.39. The predicted molar refractivity (Wildman–Crippen MR) is 83.6 cm³/mol. The van der Waals surface area contributed by atoms with Crippen LogP contribution in [0.2, 0.25) is 0 Å². The van der Waals surface area contributed by atoms with Gasteiger partial charge in [0.25, 0.3) is 5.24 Å². The molecule has 1 N–H and O–H groups in total. The van der Waals surface area contributed by atoms with Crippen molar-refractivity contribution in [3.05, 3.63) is 29.8 Å². The van der Waals surface area contributed by atoms with Crippen molar-refractivity contribution < 1.29 is 14.3 Å². The molecule has 0 bridgehead atoms. The molecule has 1 aliphatic rings. The first-order valence-corrected chi connectivity index (χ1v) is 8.02. The van der Waals surface area contributed by atoms with Crippen LogP contribution >= 0.6 is 11.8 Å². The van der Waals surface area contributed by atoms with Gasteiger partial charge in [-0.3, -0.25) is 9.59 Å². The molecule has 2 amide bonds. The molecule has 1 aromatic carbocycles. The van der Waals surface area contributed by atoms with Crippen LogP contribution in [0.1, 0.15) is 25.5 Å². The fourth-order valence-electron chi connectivity index (χ4n) is 2.13. The zero-order valence-corrected chi connectivity index (χ0v) is 13.1. The minimum atomic E-state index is -0.132. The number of hydrogen-bond acceptors (Lipinski definition) is 4. The Balaban J connectivity index is 1.86. The lowest BCUT2D eigenvalue weighted by Gasteiger charge is -2.18. The van der Waals surface area contributed by atoms with Crippen molar-refractivity contribution in [2.45, 2.75) is 19.9 Å². The van der Waals surface area contributed by atoms with E-state index in [-0.39, 0.29) is 23.7 Å². The summed E-state index contributed by atoms with van der Waals surface area (Å²) in [6.07, 6.45) is 0. The smallest absolute Gasteiger partial charge is 0.282 e. The molecule has 0 aliphatic carbocycles. The van der Waals surface area contributed by atoms with Crippen LogP contribution in [-0.2, 0) is 4.79 Å². The first-order valence-electron chi connectivity index (χ1n) is 7.04. The van der Waals surface area contributed by atoms with Crippen molar-refractivity contribution >= 4 is 22.9 Å². The molecule has 5 nitrogen and oxygen atoms in total. The first-order chi connectivity index (χ1) is 10.1. The zero-order chi connectivity index (χ0) is 15.2. The summed E-state index contributed by atoms with van der Waals surface area (Å²) in [4.78, 5) is 25.0. The lowest BCUT2D eigenvalue weighted by molar-refractivity contribution is -0.122. The monoisotopic (exact) mass is 308 g/mol. The van der Waals surface area contributed by atoms with Gasteiger partial charge in [-0.25, -0.2) is 0 Å². The molecule has 1 aromatic rings. The van der Waals surface area contributed by atoms with E-state index in [2.05, 4.69) is 5.32 Å². The third-order valence-corrected chi connectivity index (χ3v) is 4.14. The minimum absolute atomic E-state index is 0.0149. The fraction of sp³-hybridized carbons (Fsp3) is 0.467. The maximum Gasteiger partial charge on any atom is 0.282 e. The van der Waals surface area contributed by atoms with Gasteiger partial charge in [-0.15, -0.1) is 0 Å². The van der Waals surface area contributed by atoms with Crippen molar-refractivity contribution in [2.24, 2.45) is 0 Å². The number of carbonyl (C=O) groups is 2. The van der Waals surface area contributed by atoms with Gasteiger partial charge in [0.1, 0.15) is 12.3 Å². The van der Waals surface area contributed by atoms with Gasteiger partial charge in [-0.1, -0.05) is 23.9 Å². The highest BCUT2D eigenvalue weighted by Gasteiger charge is 2.23. The average Bonchev–Trinajstić information content (AvgIpc) is 2.85. The minimum Gasteiger partial charge on any atom is -0.494 e. The van der Waals surface area contributed by atoms with E-state index in [9.17, 15) is 9.59 Å². The summed E-state index contributed by atoms with van der Waals surface area (Å²) in [5, 5.41) is 2.90. The van der Waals surface area contributed by atoms with Crippen LogP contribution in [0.3, 0.4) is 0 Å². The van der Waals surface area contributed by atoms with Gasteiger partial charge in [-0.05, 0) is 31.5 Å². The molecule has 1 saturated heterocycles. The van der Waals surface area contributed by atoms with E-state index in [4.69, 9.17) is 4.74 Å².